The number of rotatable bonds is 1. The number of carbonyl (C=O) groups excluding carboxylic acids is 1. The molecule has 1 aromatic carbocycles. The molecule has 5 nitrogen and oxygen atoms in total. The zero-order valence-electron chi connectivity index (χ0n) is 19.4. The van der Waals surface area contributed by atoms with Gasteiger partial charge < -0.3 is 19.9 Å². The number of para-hydroxylation sites is 1. The number of carbonyl (C=O) groups is 1. The van der Waals surface area contributed by atoms with E-state index in [-0.39, 0.29) is 17.3 Å². The second kappa shape index (κ2) is 6.13. The van der Waals surface area contributed by atoms with Crippen LogP contribution in [-0.2, 0) is 21.4 Å². The number of aromatic nitrogens is 1. The van der Waals surface area contributed by atoms with Crippen molar-refractivity contribution in [1.82, 2.24) is 4.98 Å². The maximum absolute atomic E-state index is 13.0. The third-order valence-corrected chi connectivity index (χ3v) is 9.74. The van der Waals surface area contributed by atoms with Gasteiger partial charge in [0.2, 0.25) is 0 Å². The molecule has 32 heavy (non-hydrogen) atoms. The van der Waals surface area contributed by atoms with Crippen molar-refractivity contribution < 1.29 is 19.7 Å². The molecular formula is C27H33NO4. The van der Waals surface area contributed by atoms with E-state index in [0.29, 0.717) is 12.3 Å². The molecule has 0 bridgehead atoms. The first-order chi connectivity index (χ1) is 15.0. The van der Waals surface area contributed by atoms with E-state index in [0.717, 1.165) is 36.8 Å². The highest BCUT2D eigenvalue weighted by atomic mass is 16.5. The summed E-state index contributed by atoms with van der Waals surface area (Å²) in [6, 6.07) is 8.49. The first-order valence-corrected chi connectivity index (χ1v) is 12.0. The van der Waals surface area contributed by atoms with E-state index < -0.39 is 22.7 Å². The summed E-state index contributed by atoms with van der Waals surface area (Å²) >= 11 is 0. The lowest BCUT2D eigenvalue weighted by Gasteiger charge is -2.64. The van der Waals surface area contributed by atoms with Crippen molar-refractivity contribution in [3.05, 3.63) is 47.2 Å². The molecule has 170 valence electrons. The van der Waals surface area contributed by atoms with E-state index in [4.69, 9.17) is 4.74 Å². The number of aromatic amines is 1. The third kappa shape index (κ3) is 2.27. The maximum atomic E-state index is 13.0. The van der Waals surface area contributed by atoms with Crippen molar-refractivity contribution in [3.8, 4) is 0 Å². The molecule has 3 N–H and O–H groups in total. The molecule has 4 aliphatic rings. The molecule has 3 aliphatic carbocycles. The summed E-state index contributed by atoms with van der Waals surface area (Å²) in [7, 11) is 0. The first kappa shape index (κ1) is 20.6. The Hall–Kier alpha value is -1.95. The Morgan fingerprint density at radius 3 is 2.66 bits per heavy atom. The largest absolute Gasteiger partial charge is 0.387 e. The van der Waals surface area contributed by atoms with E-state index in [2.05, 4.69) is 43.1 Å². The number of hydrogen-bond acceptors (Lipinski definition) is 4. The zero-order chi connectivity index (χ0) is 22.7. The highest BCUT2D eigenvalue weighted by molar-refractivity contribution is 5.96. The Kier molecular flexibility index (Phi) is 3.96. The molecule has 0 radical (unpaired) electrons. The van der Waals surface area contributed by atoms with E-state index in [1.54, 1.807) is 19.9 Å². The minimum Gasteiger partial charge on any atom is -0.387 e. The van der Waals surface area contributed by atoms with Gasteiger partial charge in [0, 0.05) is 27.4 Å². The molecule has 0 spiro atoms. The molecule has 2 heterocycles. The number of nitrogens with one attached hydrogen (secondary N) is 1. The monoisotopic (exact) mass is 435 g/mol. The molecule has 1 aromatic heterocycles. The topological polar surface area (TPSA) is 82.5 Å². The van der Waals surface area contributed by atoms with Crippen molar-refractivity contribution in [2.75, 3.05) is 0 Å². The average molecular weight is 436 g/mol. The van der Waals surface area contributed by atoms with Gasteiger partial charge in [-0.2, -0.15) is 0 Å². The maximum Gasteiger partial charge on any atom is 0.187 e. The van der Waals surface area contributed by atoms with E-state index in [1.807, 2.05) is 0 Å². The second-order valence-electron chi connectivity index (χ2n) is 11.6. The van der Waals surface area contributed by atoms with Crippen LogP contribution in [0.25, 0.3) is 10.9 Å². The Bertz CT molecular complexity index is 1170. The lowest BCUT2D eigenvalue weighted by Crippen LogP contribution is -2.68. The van der Waals surface area contributed by atoms with Gasteiger partial charge in [-0.3, -0.25) is 4.79 Å². The molecular weight excluding hydrogens is 402 g/mol. The van der Waals surface area contributed by atoms with Crippen LogP contribution in [0.1, 0.15) is 64.6 Å². The molecule has 5 heteroatoms. The highest BCUT2D eigenvalue weighted by Crippen LogP contribution is 2.69. The van der Waals surface area contributed by atoms with Crippen LogP contribution < -0.4 is 0 Å². The van der Waals surface area contributed by atoms with Gasteiger partial charge in [0.05, 0.1) is 17.3 Å². The molecule has 2 aromatic rings. The Morgan fingerprint density at radius 1 is 1.16 bits per heavy atom. The van der Waals surface area contributed by atoms with Crippen LogP contribution in [0.4, 0.5) is 0 Å². The van der Waals surface area contributed by atoms with Gasteiger partial charge in [-0.25, -0.2) is 0 Å². The number of fused-ring (bicyclic) bond motifs is 9. The van der Waals surface area contributed by atoms with Crippen LogP contribution in [0.2, 0.25) is 0 Å². The lowest BCUT2D eigenvalue weighted by atomic mass is 9.42. The van der Waals surface area contributed by atoms with Gasteiger partial charge in [-0.15, -0.1) is 0 Å². The first-order valence-electron chi connectivity index (χ1n) is 12.0. The predicted molar refractivity (Wildman–Crippen MR) is 122 cm³/mol. The van der Waals surface area contributed by atoms with Crippen molar-refractivity contribution in [3.63, 3.8) is 0 Å². The number of ketones is 1. The van der Waals surface area contributed by atoms with E-state index in [1.165, 1.54) is 16.6 Å². The summed E-state index contributed by atoms with van der Waals surface area (Å²) in [5, 5.41) is 24.1. The summed E-state index contributed by atoms with van der Waals surface area (Å²) in [6.45, 7) is 7.77. The van der Waals surface area contributed by atoms with Crippen molar-refractivity contribution in [2.24, 2.45) is 11.3 Å². The Balaban J connectivity index is 1.50. The Labute approximate surface area is 188 Å². The number of benzene rings is 1. The Morgan fingerprint density at radius 2 is 1.91 bits per heavy atom. The molecule has 6 atom stereocenters. The van der Waals surface area contributed by atoms with Crippen molar-refractivity contribution in [2.45, 2.75) is 88.6 Å². The van der Waals surface area contributed by atoms with Crippen LogP contribution >= 0.6 is 0 Å². The van der Waals surface area contributed by atoms with Gasteiger partial charge >= 0.3 is 0 Å². The minimum atomic E-state index is -1.25. The lowest BCUT2D eigenvalue weighted by molar-refractivity contribution is -0.195. The third-order valence-electron chi connectivity index (χ3n) is 9.74. The van der Waals surface area contributed by atoms with Crippen molar-refractivity contribution >= 4 is 16.7 Å². The summed E-state index contributed by atoms with van der Waals surface area (Å²) in [5.74, 6) is 0.214. The molecule has 2 saturated carbocycles. The van der Waals surface area contributed by atoms with E-state index >= 15 is 0 Å². The van der Waals surface area contributed by atoms with Gasteiger partial charge in [-0.05, 0) is 75.1 Å². The summed E-state index contributed by atoms with van der Waals surface area (Å²) in [4.78, 5) is 16.7. The highest BCUT2D eigenvalue weighted by Gasteiger charge is 2.70. The second-order valence-corrected chi connectivity index (χ2v) is 11.6. The van der Waals surface area contributed by atoms with Crippen LogP contribution in [0.15, 0.2) is 35.9 Å². The fraction of sp³-hybridized carbons (Fsp3) is 0.593. The zero-order valence-corrected chi connectivity index (χ0v) is 19.4. The predicted octanol–water partition coefficient (Wildman–Crippen LogP) is 3.96. The van der Waals surface area contributed by atoms with Crippen molar-refractivity contribution in [1.29, 1.82) is 0 Å². The molecule has 4 unspecified atom stereocenters. The quantitative estimate of drug-likeness (QED) is 0.633. The molecule has 1 aliphatic heterocycles. The number of H-pyrrole nitrogens is 1. The molecule has 6 rings (SSSR count). The number of ether oxygens (including phenoxy) is 1. The minimum absolute atomic E-state index is 0.226. The van der Waals surface area contributed by atoms with E-state index in [9.17, 15) is 15.0 Å². The summed E-state index contributed by atoms with van der Waals surface area (Å²) < 4.78 is 6.15. The van der Waals surface area contributed by atoms with Gasteiger partial charge in [-0.1, -0.05) is 32.0 Å². The molecule has 0 amide bonds. The molecule has 2 fully saturated rings. The summed E-state index contributed by atoms with van der Waals surface area (Å²) in [6.07, 6.45) is 4.51. The number of hydrogen-bond donors (Lipinski definition) is 3. The average Bonchev–Trinajstić information content (AvgIpc) is 3.24. The summed E-state index contributed by atoms with van der Waals surface area (Å²) in [5.41, 5.74) is 1.53. The fourth-order valence-electron chi connectivity index (χ4n) is 7.82. The fourth-order valence-corrected chi connectivity index (χ4v) is 7.82. The SMILES string of the molecule is CC(C)(O)C1OC2CC[C@@]3(C)C(O)(CCC4Cc5c([nH]c6ccccc56)[C@@]43C)C2=CC1=O. The smallest absolute Gasteiger partial charge is 0.187 e. The van der Waals surface area contributed by atoms with Gasteiger partial charge in [0.15, 0.2) is 5.78 Å². The van der Waals surface area contributed by atoms with Gasteiger partial charge in [0.1, 0.15) is 6.10 Å². The van der Waals surface area contributed by atoms with Crippen LogP contribution in [-0.4, -0.2) is 44.4 Å². The van der Waals surface area contributed by atoms with Crippen LogP contribution in [0.3, 0.4) is 0 Å². The van der Waals surface area contributed by atoms with Crippen LogP contribution in [0, 0.1) is 11.3 Å². The van der Waals surface area contributed by atoms with Crippen LogP contribution in [0.5, 0.6) is 0 Å². The number of aliphatic hydroxyl groups is 2. The molecule has 0 saturated heterocycles. The standard InChI is InChI=1S/C27H33NO4/c1-24(2,30)23-20(29)14-18-21(32-23)10-11-25(3)26(4)15(9-12-27(18,25)31)13-17-16-7-5-6-8-19(16)28-22(17)26/h5-8,14-15,21,23,28,30-31H,9-13H2,1-4H3/t15?,21?,23?,25-,26-,27?/m1/s1. The van der Waals surface area contributed by atoms with Gasteiger partial charge in [0.25, 0.3) is 0 Å². The normalized spacial score (nSPS) is 41.0.